The maximum Gasteiger partial charge on any atom is 0.212 e. The average Bonchev–Trinajstić information content (AvgIpc) is 2.75. The molecule has 0 amide bonds. The fourth-order valence-electron chi connectivity index (χ4n) is 1.30. The Labute approximate surface area is 96.7 Å². The number of ether oxygens (including phenoxy) is 1. The van der Waals surface area contributed by atoms with Crippen molar-refractivity contribution in [2.45, 2.75) is 0 Å². The van der Waals surface area contributed by atoms with E-state index in [-0.39, 0.29) is 5.78 Å². The quantitative estimate of drug-likeness (QED) is 0.824. The molecule has 0 spiro atoms. The molecule has 0 aliphatic heterocycles. The van der Waals surface area contributed by atoms with Crippen LogP contribution in [0.4, 0.5) is 5.13 Å². The molecule has 0 saturated heterocycles. The Morgan fingerprint density at radius 3 is 2.94 bits per heavy atom. The molecule has 0 aliphatic rings. The summed E-state index contributed by atoms with van der Waals surface area (Å²) in [4.78, 5) is 15.9. The van der Waals surface area contributed by atoms with E-state index in [4.69, 9.17) is 10.5 Å². The first kappa shape index (κ1) is 10.6. The van der Waals surface area contributed by atoms with Crippen molar-refractivity contribution in [3.8, 4) is 5.75 Å². The molecule has 1 heterocycles. The second-order valence-corrected chi connectivity index (χ2v) is 4.02. The normalized spacial score (nSPS) is 10.1. The van der Waals surface area contributed by atoms with Crippen LogP contribution in [0.5, 0.6) is 5.75 Å². The highest BCUT2D eigenvalue weighted by Gasteiger charge is 2.12. The molecule has 1 aromatic carbocycles. The summed E-state index contributed by atoms with van der Waals surface area (Å²) in [5, 5.41) is 2.04. The Morgan fingerprint density at radius 1 is 1.50 bits per heavy atom. The monoisotopic (exact) mass is 234 g/mol. The molecular weight excluding hydrogens is 224 g/mol. The number of nitrogens with zero attached hydrogens (tertiary/aromatic N) is 1. The molecule has 82 valence electrons. The van der Waals surface area contributed by atoms with Crippen molar-refractivity contribution in [3.63, 3.8) is 0 Å². The van der Waals surface area contributed by atoms with E-state index in [1.165, 1.54) is 11.3 Å². The third-order valence-corrected chi connectivity index (χ3v) is 2.76. The number of carbonyl (C=O) groups is 1. The second kappa shape index (κ2) is 4.32. The van der Waals surface area contributed by atoms with Gasteiger partial charge in [-0.25, -0.2) is 4.98 Å². The molecule has 0 aliphatic carbocycles. The van der Waals surface area contributed by atoms with E-state index >= 15 is 0 Å². The van der Waals surface area contributed by atoms with Crippen LogP contribution in [0.2, 0.25) is 0 Å². The number of carbonyl (C=O) groups excluding carboxylic acids is 1. The van der Waals surface area contributed by atoms with Gasteiger partial charge < -0.3 is 10.5 Å². The number of thiazole rings is 1. The number of nitrogens with two attached hydrogens (primary N) is 1. The number of ketones is 1. The molecular formula is C11H10N2O2S. The highest BCUT2D eigenvalue weighted by Crippen LogP contribution is 2.18. The van der Waals surface area contributed by atoms with Gasteiger partial charge in [-0.05, 0) is 12.1 Å². The van der Waals surface area contributed by atoms with Crippen molar-refractivity contribution in [2.24, 2.45) is 0 Å². The molecule has 2 aromatic rings. The van der Waals surface area contributed by atoms with E-state index in [9.17, 15) is 4.79 Å². The summed E-state index contributed by atoms with van der Waals surface area (Å²) in [6, 6.07) is 6.95. The van der Waals surface area contributed by atoms with Crippen LogP contribution in [0.25, 0.3) is 0 Å². The van der Waals surface area contributed by atoms with Crippen LogP contribution >= 0.6 is 11.3 Å². The van der Waals surface area contributed by atoms with E-state index in [0.29, 0.717) is 22.1 Å². The average molecular weight is 234 g/mol. The zero-order chi connectivity index (χ0) is 11.5. The van der Waals surface area contributed by atoms with Crippen molar-refractivity contribution in [1.82, 2.24) is 4.98 Å². The summed E-state index contributed by atoms with van der Waals surface area (Å²) >= 11 is 1.25. The van der Waals surface area contributed by atoms with E-state index in [1.807, 2.05) is 0 Å². The van der Waals surface area contributed by atoms with Gasteiger partial charge in [0.05, 0.1) is 7.11 Å². The van der Waals surface area contributed by atoms with Crippen LogP contribution in [0, 0.1) is 0 Å². The van der Waals surface area contributed by atoms with Gasteiger partial charge in [0, 0.05) is 10.9 Å². The third-order valence-electron chi connectivity index (χ3n) is 2.09. The summed E-state index contributed by atoms with van der Waals surface area (Å²) in [5.74, 6) is 0.501. The van der Waals surface area contributed by atoms with Crippen molar-refractivity contribution in [2.75, 3.05) is 12.8 Å². The standard InChI is InChI=1S/C11H10N2O2S/c1-15-8-4-2-3-7(5-8)10(14)9-6-16-11(12)13-9/h2-6H,1H3,(H2,12,13). The Morgan fingerprint density at radius 2 is 2.31 bits per heavy atom. The van der Waals surface area contributed by atoms with Crippen molar-refractivity contribution in [1.29, 1.82) is 0 Å². The van der Waals surface area contributed by atoms with Crippen molar-refractivity contribution >= 4 is 22.3 Å². The highest BCUT2D eigenvalue weighted by molar-refractivity contribution is 7.13. The summed E-state index contributed by atoms with van der Waals surface area (Å²) in [5.41, 5.74) is 6.40. The van der Waals surface area contributed by atoms with Crippen LogP contribution < -0.4 is 10.5 Å². The van der Waals surface area contributed by atoms with E-state index < -0.39 is 0 Å². The third kappa shape index (κ3) is 2.04. The Bertz CT molecular complexity index is 522. The molecule has 16 heavy (non-hydrogen) atoms. The van der Waals surface area contributed by atoms with Gasteiger partial charge in [0.15, 0.2) is 5.13 Å². The Kier molecular flexibility index (Phi) is 2.87. The lowest BCUT2D eigenvalue weighted by Crippen LogP contribution is -2.02. The maximum atomic E-state index is 12.0. The smallest absolute Gasteiger partial charge is 0.212 e. The number of nitrogen functional groups attached to an aromatic ring is 1. The number of aromatic nitrogens is 1. The lowest BCUT2D eigenvalue weighted by Gasteiger charge is -2.01. The summed E-state index contributed by atoms with van der Waals surface area (Å²) < 4.78 is 5.05. The van der Waals surface area contributed by atoms with Gasteiger partial charge in [-0.1, -0.05) is 12.1 Å². The summed E-state index contributed by atoms with van der Waals surface area (Å²) in [6.07, 6.45) is 0. The van der Waals surface area contributed by atoms with E-state index in [1.54, 1.807) is 36.8 Å². The molecule has 5 heteroatoms. The highest BCUT2D eigenvalue weighted by atomic mass is 32.1. The first-order valence-electron chi connectivity index (χ1n) is 4.60. The van der Waals surface area contributed by atoms with Gasteiger partial charge in [-0.15, -0.1) is 11.3 Å². The Balaban J connectivity index is 2.33. The van der Waals surface area contributed by atoms with Crippen molar-refractivity contribution < 1.29 is 9.53 Å². The minimum Gasteiger partial charge on any atom is -0.497 e. The number of hydrogen-bond donors (Lipinski definition) is 1. The predicted molar refractivity (Wildman–Crippen MR) is 63.0 cm³/mol. The number of hydrogen-bond acceptors (Lipinski definition) is 5. The van der Waals surface area contributed by atoms with E-state index in [2.05, 4.69) is 4.98 Å². The maximum absolute atomic E-state index is 12.0. The second-order valence-electron chi connectivity index (χ2n) is 3.13. The van der Waals surface area contributed by atoms with Crippen LogP contribution in [0.3, 0.4) is 0 Å². The molecule has 0 radical (unpaired) electrons. The van der Waals surface area contributed by atoms with Crippen molar-refractivity contribution in [3.05, 3.63) is 40.9 Å². The van der Waals surface area contributed by atoms with Gasteiger partial charge >= 0.3 is 0 Å². The zero-order valence-electron chi connectivity index (χ0n) is 8.64. The van der Waals surface area contributed by atoms with Crippen LogP contribution in [-0.4, -0.2) is 17.9 Å². The summed E-state index contributed by atoms with van der Waals surface area (Å²) in [7, 11) is 1.56. The predicted octanol–water partition coefficient (Wildman–Crippen LogP) is 1.96. The van der Waals surface area contributed by atoms with Gasteiger partial charge in [0.25, 0.3) is 0 Å². The van der Waals surface area contributed by atoms with Gasteiger partial charge in [-0.2, -0.15) is 0 Å². The number of anilines is 1. The lowest BCUT2D eigenvalue weighted by atomic mass is 10.1. The fraction of sp³-hybridized carbons (Fsp3) is 0.0909. The number of benzene rings is 1. The molecule has 0 atom stereocenters. The minimum atomic E-state index is -0.146. The number of methoxy groups -OCH3 is 1. The molecule has 2 N–H and O–H groups in total. The zero-order valence-corrected chi connectivity index (χ0v) is 9.45. The molecule has 0 bridgehead atoms. The lowest BCUT2D eigenvalue weighted by molar-refractivity contribution is 0.103. The SMILES string of the molecule is COc1cccc(C(=O)c2csc(N)n2)c1. The largest absolute Gasteiger partial charge is 0.497 e. The summed E-state index contributed by atoms with van der Waals surface area (Å²) in [6.45, 7) is 0. The number of rotatable bonds is 3. The van der Waals surface area contributed by atoms with Crippen LogP contribution in [0.1, 0.15) is 16.1 Å². The minimum absolute atomic E-state index is 0.146. The first-order chi connectivity index (χ1) is 7.70. The molecule has 0 saturated carbocycles. The van der Waals surface area contributed by atoms with Gasteiger partial charge in [0.2, 0.25) is 5.78 Å². The van der Waals surface area contributed by atoms with E-state index in [0.717, 1.165) is 0 Å². The fourth-order valence-corrected chi connectivity index (χ4v) is 1.85. The molecule has 0 fully saturated rings. The van der Waals surface area contributed by atoms with Crippen LogP contribution in [0.15, 0.2) is 29.6 Å². The molecule has 4 nitrogen and oxygen atoms in total. The molecule has 2 rings (SSSR count). The first-order valence-corrected chi connectivity index (χ1v) is 5.48. The van der Waals surface area contributed by atoms with Crippen LogP contribution in [-0.2, 0) is 0 Å². The molecule has 0 unspecified atom stereocenters. The molecule has 1 aromatic heterocycles. The Hall–Kier alpha value is -1.88. The topological polar surface area (TPSA) is 65.2 Å². The van der Waals surface area contributed by atoms with Gasteiger partial charge in [0.1, 0.15) is 11.4 Å². The van der Waals surface area contributed by atoms with Gasteiger partial charge in [-0.3, -0.25) is 4.79 Å².